The van der Waals surface area contributed by atoms with E-state index in [0.717, 1.165) is 26.2 Å². The van der Waals surface area contributed by atoms with E-state index in [0.29, 0.717) is 0 Å². The molecule has 2 fully saturated rings. The van der Waals surface area contributed by atoms with E-state index in [2.05, 4.69) is 16.0 Å². The highest BCUT2D eigenvalue weighted by Crippen LogP contribution is 1.80. The van der Waals surface area contributed by atoms with E-state index in [1.165, 1.54) is 19.5 Å². The summed E-state index contributed by atoms with van der Waals surface area (Å²) in [5, 5.41) is 9.56. The van der Waals surface area contributed by atoms with Crippen LogP contribution in [0.2, 0.25) is 0 Å². The van der Waals surface area contributed by atoms with Gasteiger partial charge in [-0.3, -0.25) is 0 Å². The maximum absolute atomic E-state index is 3.22. The van der Waals surface area contributed by atoms with Gasteiger partial charge in [-0.1, -0.05) is 0 Å². The Kier molecular flexibility index (Phi) is 4.51. The predicted octanol–water partition coefficient (Wildman–Crippen LogP) is -0.841. The zero-order valence-corrected chi connectivity index (χ0v) is 6.45. The van der Waals surface area contributed by atoms with Crippen LogP contribution in [0, 0.1) is 0 Å². The van der Waals surface area contributed by atoms with Gasteiger partial charge in [0.15, 0.2) is 0 Å². The molecule has 0 amide bonds. The molecule has 0 spiro atoms. The molecule has 0 bridgehead atoms. The van der Waals surface area contributed by atoms with E-state index in [9.17, 15) is 0 Å². The van der Waals surface area contributed by atoms with Crippen LogP contribution in [0.3, 0.4) is 0 Å². The summed E-state index contributed by atoms with van der Waals surface area (Å²) in [5.74, 6) is 0. The van der Waals surface area contributed by atoms with E-state index in [4.69, 9.17) is 0 Å². The third-order valence-electron chi connectivity index (χ3n) is 1.66. The normalized spacial score (nSPS) is 24.0. The maximum Gasteiger partial charge on any atom is 0.00772 e. The van der Waals surface area contributed by atoms with Crippen molar-refractivity contribution in [3.8, 4) is 0 Å². The molecule has 60 valence electrons. The number of piperazine rings is 1. The summed E-state index contributed by atoms with van der Waals surface area (Å²) < 4.78 is 0. The van der Waals surface area contributed by atoms with Gasteiger partial charge in [-0.25, -0.2) is 0 Å². The van der Waals surface area contributed by atoms with Crippen molar-refractivity contribution in [1.29, 1.82) is 0 Å². The fourth-order valence-corrected chi connectivity index (χ4v) is 0.780. The minimum atomic E-state index is 1.14. The molecule has 0 aromatic carbocycles. The molecule has 3 N–H and O–H groups in total. The fourth-order valence-electron chi connectivity index (χ4n) is 0.780. The molecule has 2 heterocycles. The average Bonchev–Trinajstić information content (AvgIpc) is 1.88. The van der Waals surface area contributed by atoms with Crippen molar-refractivity contribution < 1.29 is 0 Å². The van der Waals surface area contributed by atoms with Crippen molar-refractivity contribution in [3.63, 3.8) is 0 Å². The van der Waals surface area contributed by atoms with Gasteiger partial charge in [-0.05, 0) is 19.5 Å². The Hall–Kier alpha value is -0.120. The van der Waals surface area contributed by atoms with Crippen molar-refractivity contribution in [2.45, 2.75) is 6.42 Å². The molecule has 0 unspecified atom stereocenters. The van der Waals surface area contributed by atoms with E-state index in [1.54, 1.807) is 0 Å². The molecule has 0 aromatic rings. The first kappa shape index (κ1) is 7.98. The third-order valence-corrected chi connectivity index (χ3v) is 1.66. The fraction of sp³-hybridized carbons (Fsp3) is 1.00. The van der Waals surface area contributed by atoms with Crippen molar-refractivity contribution in [1.82, 2.24) is 16.0 Å². The van der Waals surface area contributed by atoms with Gasteiger partial charge in [0.1, 0.15) is 0 Å². The van der Waals surface area contributed by atoms with Crippen LogP contribution in [0.4, 0.5) is 0 Å². The number of nitrogens with one attached hydrogen (secondary N) is 3. The number of hydrogen-bond acceptors (Lipinski definition) is 3. The van der Waals surface area contributed by atoms with Gasteiger partial charge < -0.3 is 16.0 Å². The van der Waals surface area contributed by atoms with Crippen molar-refractivity contribution in [2.24, 2.45) is 0 Å². The second kappa shape index (κ2) is 5.65. The van der Waals surface area contributed by atoms with Crippen LogP contribution in [0.15, 0.2) is 0 Å². The minimum absolute atomic E-state index is 1.14. The summed E-state index contributed by atoms with van der Waals surface area (Å²) in [6.07, 6.45) is 1.39. The molecule has 2 saturated heterocycles. The zero-order valence-electron chi connectivity index (χ0n) is 6.45. The van der Waals surface area contributed by atoms with Gasteiger partial charge >= 0.3 is 0 Å². The standard InChI is InChI=1S/C4H10N2.C3H7N/c1-2-6-4-3-5-1;1-2-4-3-1/h5-6H,1-4H2;4H,1-3H2. The van der Waals surface area contributed by atoms with Crippen molar-refractivity contribution >= 4 is 0 Å². The molecule has 2 aliphatic rings. The molecule has 2 rings (SSSR count). The van der Waals surface area contributed by atoms with Crippen LogP contribution < -0.4 is 16.0 Å². The Bertz CT molecular complexity index is 51.7. The van der Waals surface area contributed by atoms with Gasteiger partial charge in [0.05, 0.1) is 0 Å². The molecule has 0 radical (unpaired) electrons. The van der Waals surface area contributed by atoms with Crippen LogP contribution in [-0.2, 0) is 0 Å². The van der Waals surface area contributed by atoms with Gasteiger partial charge in [0.2, 0.25) is 0 Å². The molecule has 0 saturated carbocycles. The number of hydrogen-bond donors (Lipinski definition) is 3. The second-order valence-electron chi connectivity index (χ2n) is 2.60. The first-order valence-electron chi connectivity index (χ1n) is 4.12. The summed E-state index contributed by atoms with van der Waals surface area (Å²) in [7, 11) is 0. The van der Waals surface area contributed by atoms with E-state index in [-0.39, 0.29) is 0 Å². The van der Waals surface area contributed by atoms with Crippen molar-refractivity contribution in [2.75, 3.05) is 39.3 Å². The first-order chi connectivity index (χ1) is 5.00. The Morgan fingerprint density at radius 2 is 0.800 bits per heavy atom. The molecule has 0 aromatic heterocycles. The largest absolute Gasteiger partial charge is 0.317 e. The highest BCUT2D eigenvalue weighted by atomic mass is 15.0. The van der Waals surface area contributed by atoms with Gasteiger partial charge in [0, 0.05) is 26.2 Å². The average molecular weight is 143 g/mol. The topological polar surface area (TPSA) is 36.1 Å². The molecular formula is C7H17N3. The van der Waals surface area contributed by atoms with Gasteiger partial charge in [-0.15, -0.1) is 0 Å². The van der Waals surface area contributed by atoms with E-state index >= 15 is 0 Å². The lowest BCUT2D eigenvalue weighted by Gasteiger charge is -2.11. The summed E-state index contributed by atoms with van der Waals surface area (Å²) in [4.78, 5) is 0. The monoisotopic (exact) mass is 143 g/mol. The van der Waals surface area contributed by atoms with Crippen LogP contribution in [0.1, 0.15) is 6.42 Å². The second-order valence-corrected chi connectivity index (χ2v) is 2.60. The summed E-state index contributed by atoms with van der Waals surface area (Å²) in [6, 6.07) is 0. The minimum Gasteiger partial charge on any atom is -0.317 e. The highest BCUT2D eigenvalue weighted by molar-refractivity contribution is 4.59. The number of rotatable bonds is 0. The lowest BCUT2D eigenvalue weighted by Crippen LogP contribution is -2.39. The lowest BCUT2D eigenvalue weighted by atomic mass is 10.3. The summed E-state index contributed by atoms with van der Waals surface area (Å²) in [5.41, 5.74) is 0. The lowest BCUT2D eigenvalue weighted by molar-refractivity contribution is 0.527. The Balaban J connectivity index is 0.000000108. The summed E-state index contributed by atoms with van der Waals surface area (Å²) in [6.45, 7) is 7.06. The Morgan fingerprint density at radius 1 is 0.500 bits per heavy atom. The molecule has 0 atom stereocenters. The molecule has 0 aliphatic carbocycles. The molecule has 3 heteroatoms. The highest BCUT2D eigenvalue weighted by Gasteiger charge is 1.92. The molecule has 3 nitrogen and oxygen atoms in total. The quantitative estimate of drug-likeness (QED) is 0.414. The predicted molar refractivity (Wildman–Crippen MR) is 43.2 cm³/mol. The van der Waals surface area contributed by atoms with Crippen LogP contribution in [0.5, 0.6) is 0 Å². The third kappa shape index (κ3) is 3.82. The maximum atomic E-state index is 3.22. The van der Waals surface area contributed by atoms with Crippen LogP contribution in [-0.4, -0.2) is 39.3 Å². The molecule has 2 aliphatic heterocycles. The van der Waals surface area contributed by atoms with Crippen molar-refractivity contribution in [3.05, 3.63) is 0 Å². The summed E-state index contributed by atoms with van der Waals surface area (Å²) >= 11 is 0. The van der Waals surface area contributed by atoms with E-state index in [1.807, 2.05) is 0 Å². The molecular weight excluding hydrogens is 126 g/mol. The smallest absolute Gasteiger partial charge is 0.00772 e. The SMILES string of the molecule is C1CNC1.C1CNCCN1. The van der Waals surface area contributed by atoms with E-state index < -0.39 is 0 Å². The zero-order chi connectivity index (χ0) is 7.07. The first-order valence-corrected chi connectivity index (χ1v) is 4.12. The Labute approximate surface area is 62.6 Å². The molecule has 10 heavy (non-hydrogen) atoms. The van der Waals surface area contributed by atoms with Crippen LogP contribution >= 0.6 is 0 Å². The van der Waals surface area contributed by atoms with Gasteiger partial charge in [-0.2, -0.15) is 0 Å². The van der Waals surface area contributed by atoms with Gasteiger partial charge in [0.25, 0.3) is 0 Å². The van der Waals surface area contributed by atoms with Crippen LogP contribution in [0.25, 0.3) is 0 Å². The Morgan fingerprint density at radius 3 is 0.900 bits per heavy atom.